The molecular weight excluding hydrogens is 276 g/mol. The normalized spacial score (nSPS) is 10.7. The maximum absolute atomic E-state index is 6.24. The molecule has 1 rings (SSSR count). The molecule has 0 aliphatic carbocycles. The molecule has 5 heteroatoms. The fraction of sp³-hybridized carbons (Fsp3) is 0.467. The van der Waals surface area contributed by atoms with Crippen molar-refractivity contribution in [1.82, 2.24) is 10.2 Å². The maximum atomic E-state index is 6.24. The molecule has 112 valence electrons. The van der Waals surface area contributed by atoms with Crippen molar-refractivity contribution in [3.05, 3.63) is 35.4 Å². The largest absolute Gasteiger partial charge is 0.493 e. The van der Waals surface area contributed by atoms with Gasteiger partial charge >= 0.3 is 0 Å². The van der Waals surface area contributed by atoms with Crippen LogP contribution in [-0.2, 0) is 6.54 Å². The summed E-state index contributed by atoms with van der Waals surface area (Å²) in [4.78, 5) is 2.13. The van der Waals surface area contributed by atoms with Gasteiger partial charge in [-0.1, -0.05) is 24.3 Å². The lowest BCUT2D eigenvalue weighted by atomic mass is 10.2. The highest BCUT2D eigenvalue weighted by Crippen LogP contribution is 2.36. The molecule has 0 radical (unpaired) electrons. The molecule has 0 aliphatic rings. The van der Waals surface area contributed by atoms with Crippen molar-refractivity contribution in [3.8, 4) is 11.5 Å². The van der Waals surface area contributed by atoms with Crippen molar-refractivity contribution >= 4 is 11.6 Å². The van der Waals surface area contributed by atoms with Crippen molar-refractivity contribution in [1.29, 1.82) is 0 Å². The molecule has 0 amide bonds. The van der Waals surface area contributed by atoms with Gasteiger partial charge in [0.25, 0.3) is 0 Å². The van der Waals surface area contributed by atoms with Gasteiger partial charge in [0, 0.05) is 19.6 Å². The monoisotopic (exact) mass is 298 g/mol. The Kier molecular flexibility index (Phi) is 7.44. The lowest BCUT2D eigenvalue weighted by molar-refractivity contribution is 0.326. The maximum Gasteiger partial charge on any atom is 0.180 e. The number of likely N-dealkylation sites (N-methyl/N-ethyl adjacent to an activating group) is 1. The van der Waals surface area contributed by atoms with Gasteiger partial charge in [0.15, 0.2) is 11.5 Å². The summed E-state index contributed by atoms with van der Waals surface area (Å²) in [6.07, 6.45) is 1.67. The average molecular weight is 299 g/mol. The van der Waals surface area contributed by atoms with E-state index in [1.165, 1.54) is 0 Å². The van der Waals surface area contributed by atoms with Crippen molar-refractivity contribution in [2.75, 3.05) is 40.9 Å². The van der Waals surface area contributed by atoms with Crippen LogP contribution in [0.3, 0.4) is 0 Å². The van der Waals surface area contributed by atoms with Crippen LogP contribution in [0.5, 0.6) is 11.5 Å². The Labute approximate surface area is 126 Å². The van der Waals surface area contributed by atoms with E-state index < -0.39 is 0 Å². The fourth-order valence-electron chi connectivity index (χ4n) is 1.69. The molecule has 0 aromatic heterocycles. The summed E-state index contributed by atoms with van der Waals surface area (Å²) in [6.45, 7) is 6.67. The summed E-state index contributed by atoms with van der Waals surface area (Å²) < 4.78 is 10.8. The molecule has 0 saturated carbocycles. The summed E-state index contributed by atoms with van der Waals surface area (Å²) in [7, 11) is 5.70. The molecule has 20 heavy (non-hydrogen) atoms. The van der Waals surface area contributed by atoms with E-state index in [1.807, 2.05) is 26.2 Å². The number of benzene rings is 1. The number of halogens is 1. The van der Waals surface area contributed by atoms with E-state index in [4.69, 9.17) is 21.1 Å². The van der Waals surface area contributed by atoms with E-state index in [9.17, 15) is 0 Å². The lowest BCUT2D eigenvalue weighted by Gasteiger charge is -2.14. The van der Waals surface area contributed by atoms with E-state index in [0.29, 0.717) is 23.1 Å². The molecule has 0 atom stereocenters. The van der Waals surface area contributed by atoms with Crippen molar-refractivity contribution in [3.63, 3.8) is 0 Å². The third-order valence-corrected chi connectivity index (χ3v) is 2.98. The SMILES string of the molecule is C=CCOc1c(Cl)cc(CNCCN(C)C)cc1OC. The number of hydrogen-bond acceptors (Lipinski definition) is 4. The quantitative estimate of drug-likeness (QED) is 0.561. The van der Waals surface area contributed by atoms with Crippen molar-refractivity contribution < 1.29 is 9.47 Å². The average Bonchev–Trinajstić information content (AvgIpc) is 2.41. The third-order valence-electron chi connectivity index (χ3n) is 2.70. The van der Waals surface area contributed by atoms with Crippen molar-refractivity contribution in [2.24, 2.45) is 0 Å². The van der Waals surface area contributed by atoms with E-state index in [-0.39, 0.29) is 0 Å². The summed E-state index contributed by atoms with van der Waals surface area (Å²) in [6, 6.07) is 3.83. The zero-order chi connectivity index (χ0) is 15.0. The number of ether oxygens (including phenoxy) is 2. The van der Waals surface area contributed by atoms with E-state index in [0.717, 1.165) is 25.2 Å². The molecule has 1 N–H and O–H groups in total. The molecule has 1 aromatic rings. The Morgan fingerprint density at radius 3 is 2.75 bits per heavy atom. The summed E-state index contributed by atoms with van der Waals surface area (Å²) >= 11 is 6.24. The van der Waals surface area contributed by atoms with Gasteiger partial charge in [-0.2, -0.15) is 0 Å². The molecule has 0 unspecified atom stereocenters. The van der Waals surface area contributed by atoms with E-state index in [2.05, 4.69) is 16.8 Å². The van der Waals surface area contributed by atoms with Crippen molar-refractivity contribution in [2.45, 2.75) is 6.54 Å². The number of nitrogens with zero attached hydrogens (tertiary/aromatic N) is 1. The molecule has 1 aromatic carbocycles. The molecule has 0 saturated heterocycles. The minimum atomic E-state index is 0.399. The van der Waals surface area contributed by atoms with Crippen LogP contribution in [0.25, 0.3) is 0 Å². The molecule has 0 spiro atoms. The summed E-state index contributed by atoms with van der Waals surface area (Å²) in [5.41, 5.74) is 1.07. The van der Waals surface area contributed by atoms with Gasteiger partial charge in [-0.05, 0) is 31.8 Å². The Balaban J connectivity index is 2.69. The number of nitrogens with one attached hydrogen (secondary N) is 1. The Bertz CT molecular complexity index is 436. The van der Waals surface area contributed by atoms with Gasteiger partial charge < -0.3 is 19.7 Å². The molecule has 0 bridgehead atoms. The Morgan fingerprint density at radius 1 is 1.40 bits per heavy atom. The van der Waals surface area contributed by atoms with Crippen LogP contribution < -0.4 is 14.8 Å². The van der Waals surface area contributed by atoms with Crippen LogP contribution in [0.4, 0.5) is 0 Å². The highest BCUT2D eigenvalue weighted by Gasteiger charge is 2.11. The van der Waals surface area contributed by atoms with Gasteiger partial charge in [-0.3, -0.25) is 0 Å². The first-order valence-electron chi connectivity index (χ1n) is 6.54. The van der Waals surface area contributed by atoms with E-state index >= 15 is 0 Å². The second-order valence-corrected chi connectivity index (χ2v) is 5.10. The second kappa shape index (κ2) is 8.84. The second-order valence-electron chi connectivity index (χ2n) is 4.69. The predicted octanol–water partition coefficient (Wildman–Crippen LogP) is 2.56. The van der Waals surface area contributed by atoms with Crippen LogP contribution >= 0.6 is 11.6 Å². The Morgan fingerprint density at radius 2 is 2.15 bits per heavy atom. The van der Waals surface area contributed by atoms with Gasteiger partial charge in [-0.25, -0.2) is 0 Å². The molecule has 4 nitrogen and oxygen atoms in total. The Hall–Kier alpha value is -1.23. The number of rotatable bonds is 9. The minimum absolute atomic E-state index is 0.399. The van der Waals surface area contributed by atoms with Crippen LogP contribution in [0.2, 0.25) is 5.02 Å². The van der Waals surface area contributed by atoms with Gasteiger partial charge in [0.05, 0.1) is 12.1 Å². The standard InChI is InChI=1S/C15H23ClN2O2/c1-5-8-20-15-13(16)9-12(10-14(15)19-4)11-17-6-7-18(2)3/h5,9-10,17H,1,6-8,11H2,2-4H3. The zero-order valence-corrected chi connectivity index (χ0v) is 13.2. The fourth-order valence-corrected chi connectivity index (χ4v) is 1.98. The molecule has 0 heterocycles. The third kappa shape index (κ3) is 5.41. The van der Waals surface area contributed by atoms with Gasteiger partial charge in [0.2, 0.25) is 0 Å². The summed E-state index contributed by atoms with van der Waals surface area (Å²) in [5.74, 6) is 1.20. The first-order chi connectivity index (χ1) is 9.58. The first-order valence-corrected chi connectivity index (χ1v) is 6.91. The topological polar surface area (TPSA) is 33.7 Å². The van der Waals surface area contributed by atoms with E-state index in [1.54, 1.807) is 13.2 Å². The summed E-state index contributed by atoms with van der Waals surface area (Å²) in [5, 5.41) is 3.91. The number of methoxy groups -OCH3 is 1. The smallest absolute Gasteiger partial charge is 0.180 e. The highest BCUT2D eigenvalue weighted by molar-refractivity contribution is 6.32. The lowest BCUT2D eigenvalue weighted by Crippen LogP contribution is -2.26. The first kappa shape index (κ1) is 16.8. The highest BCUT2D eigenvalue weighted by atomic mass is 35.5. The zero-order valence-electron chi connectivity index (χ0n) is 12.4. The molecular formula is C15H23ClN2O2. The number of hydrogen-bond donors (Lipinski definition) is 1. The molecule has 0 aliphatic heterocycles. The minimum Gasteiger partial charge on any atom is -0.493 e. The predicted molar refractivity (Wildman–Crippen MR) is 84.0 cm³/mol. The van der Waals surface area contributed by atoms with Gasteiger partial charge in [0.1, 0.15) is 6.61 Å². The van der Waals surface area contributed by atoms with Crippen LogP contribution in [0, 0.1) is 0 Å². The van der Waals surface area contributed by atoms with Crippen LogP contribution in [-0.4, -0.2) is 45.8 Å². The van der Waals surface area contributed by atoms with Crippen LogP contribution in [0.1, 0.15) is 5.56 Å². The van der Waals surface area contributed by atoms with Crippen LogP contribution in [0.15, 0.2) is 24.8 Å². The molecule has 0 fully saturated rings. The van der Waals surface area contributed by atoms with Gasteiger partial charge in [-0.15, -0.1) is 0 Å².